The molecule has 1 aliphatic rings. The second-order valence-electron chi connectivity index (χ2n) is 5.01. The average molecular weight is 293 g/mol. The van der Waals surface area contributed by atoms with Gasteiger partial charge >= 0.3 is 0 Å². The second kappa shape index (κ2) is 4.14. The van der Waals surface area contributed by atoms with Crippen molar-refractivity contribution in [1.82, 2.24) is 9.88 Å². The SMILES string of the molecule is CC(C)NCc1c(Br)c2cccc3c2n1CC3. The Morgan fingerprint density at radius 3 is 3.00 bits per heavy atom. The summed E-state index contributed by atoms with van der Waals surface area (Å²) in [5.74, 6) is 0. The number of nitrogens with one attached hydrogen (secondary N) is 1. The van der Waals surface area contributed by atoms with E-state index in [0.29, 0.717) is 6.04 Å². The summed E-state index contributed by atoms with van der Waals surface area (Å²) in [5, 5.41) is 4.87. The number of nitrogens with zero attached hydrogens (tertiary/aromatic N) is 1. The lowest BCUT2D eigenvalue weighted by Crippen LogP contribution is -2.23. The van der Waals surface area contributed by atoms with E-state index in [0.717, 1.165) is 13.1 Å². The molecule has 2 heterocycles. The minimum Gasteiger partial charge on any atom is -0.342 e. The van der Waals surface area contributed by atoms with Crippen molar-refractivity contribution in [3.05, 3.63) is 33.9 Å². The molecule has 0 atom stereocenters. The summed E-state index contributed by atoms with van der Waals surface area (Å²) in [4.78, 5) is 0. The normalized spacial score (nSPS) is 14.1. The van der Waals surface area contributed by atoms with Gasteiger partial charge in [-0.1, -0.05) is 32.0 Å². The summed E-state index contributed by atoms with van der Waals surface area (Å²) >= 11 is 3.76. The molecular weight excluding hydrogens is 276 g/mol. The third-order valence-corrected chi connectivity index (χ3v) is 4.37. The van der Waals surface area contributed by atoms with Gasteiger partial charge in [0, 0.05) is 34.7 Å². The fourth-order valence-corrected chi connectivity index (χ4v) is 3.32. The molecule has 0 amide bonds. The van der Waals surface area contributed by atoms with Gasteiger partial charge < -0.3 is 9.88 Å². The lowest BCUT2D eigenvalue weighted by molar-refractivity contribution is 0.562. The molecule has 0 spiro atoms. The Kier molecular flexibility index (Phi) is 2.75. The molecule has 0 unspecified atom stereocenters. The summed E-state index contributed by atoms with van der Waals surface area (Å²) < 4.78 is 3.73. The summed E-state index contributed by atoms with van der Waals surface area (Å²) in [6.45, 7) is 6.43. The van der Waals surface area contributed by atoms with Crippen molar-refractivity contribution >= 4 is 26.8 Å². The Morgan fingerprint density at radius 2 is 2.24 bits per heavy atom. The summed E-state index contributed by atoms with van der Waals surface area (Å²) in [6.07, 6.45) is 1.18. The largest absolute Gasteiger partial charge is 0.342 e. The smallest absolute Gasteiger partial charge is 0.0528 e. The molecule has 0 aliphatic carbocycles. The van der Waals surface area contributed by atoms with Gasteiger partial charge in [0.15, 0.2) is 0 Å². The molecule has 0 saturated heterocycles. The molecule has 0 bridgehead atoms. The predicted octanol–water partition coefficient (Wildman–Crippen LogP) is 3.46. The molecule has 2 aromatic rings. The first kappa shape index (κ1) is 11.3. The van der Waals surface area contributed by atoms with E-state index < -0.39 is 0 Å². The number of aromatic nitrogens is 1. The number of hydrogen-bond acceptors (Lipinski definition) is 1. The van der Waals surface area contributed by atoms with Gasteiger partial charge in [0.25, 0.3) is 0 Å². The van der Waals surface area contributed by atoms with Crippen LogP contribution in [0.5, 0.6) is 0 Å². The highest BCUT2D eigenvalue weighted by Crippen LogP contribution is 2.36. The van der Waals surface area contributed by atoms with Gasteiger partial charge in [-0.2, -0.15) is 0 Å². The standard InChI is InChI=1S/C14H17BrN2/c1-9(2)16-8-12-13(15)11-5-3-4-10-6-7-17(12)14(10)11/h3-5,9,16H,6-8H2,1-2H3. The van der Waals surface area contributed by atoms with Crippen molar-refractivity contribution < 1.29 is 0 Å². The van der Waals surface area contributed by atoms with Crippen molar-refractivity contribution in [2.75, 3.05) is 0 Å². The van der Waals surface area contributed by atoms with Crippen molar-refractivity contribution in [2.24, 2.45) is 0 Å². The Morgan fingerprint density at radius 1 is 1.41 bits per heavy atom. The predicted molar refractivity (Wildman–Crippen MR) is 75.3 cm³/mol. The van der Waals surface area contributed by atoms with E-state index >= 15 is 0 Å². The Bertz CT molecular complexity index is 569. The van der Waals surface area contributed by atoms with E-state index in [-0.39, 0.29) is 0 Å². The van der Waals surface area contributed by atoms with Crippen LogP contribution in [-0.2, 0) is 19.5 Å². The zero-order chi connectivity index (χ0) is 12.0. The summed E-state index contributed by atoms with van der Waals surface area (Å²) in [7, 11) is 0. The molecule has 3 rings (SSSR count). The molecule has 0 saturated carbocycles. The van der Waals surface area contributed by atoms with Crippen LogP contribution < -0.4 is 5.32 Å². The molecule has 1 aromatic heterocycles. The fourth-order valence-electron chi connectivity index (χ4n) is 2.65. The van der Waals surface area contributed by atoms with Crippen molar-refractivity contribution in [3.63, 3.8) is 0 Å². The van der Waals surface area contributed by atoms with Crippen LogP contribution in [-0.4, -0.2) is 10.6 Å². The van der Waals surface area contributed by atoms with Crippen LogP contribution in [0.2, 0.25) is 0 Å². The second-order valence-corrected chi connectivity index (χ2v) is 5.80. The topological polar surface area (TPSA) is 17.0 Å². The minimum atomic E-state index is 0.522. The zero-order valence-corrected chi connectivity index (χ0v) is 11.8. The van der Waals surface area contributed by atoms with Crippen LogP contribution in [0.4, 0.5) is 0 Å². The van der Waals surface area contributed by atoms with Gasteiger partial charge in [-0.3, -0.25) is 0 Å². The van der Waals surface area contributed by atoms with Gasteiger partial charge in [-0.25, -0.2) is 0 Å². The highest BCUT2D eigenvalue weighted by atomic mass is 79.9. The van der Waals surface area contributed by atoms with Crippen LogP contribution in [0.1, 0.15) is 25.1 Å². The Labute approximate surface area is 110 Å². The van der Waals surface area contributed by atoms with Gasteiger partial charge in [0.2, 0.25) is 0 Å². The van der Waals surface area contributed by atoms with Crippen LogP contribution >= 0.6 is 15.9 Å². The molecule has 0 fully saturated rings. The summed E-state index contributed by atoms with van der Waals surface area (Å²) in [6, 6.07) is 7.15. The molecule has 3 heteroatoms. The molecule has 17 heavy (non-hydrogen) atoms. The monoisotopic (exact) mass is 292 g/mol. The maximum Gasteiger partial charge on any atom is 0.0528 e. The van der Waals surface area contributed by atoms with Crippen LogP contribution in [0.3, 0.4) is 0 Å². The molecular formula is C14H17BrN2. The molecule has 90 valence electrons. The molecule has 1 aromatic carbocycles. The molecule has 1 N–H and O–H groups in total. The number of hydrogen-bond donors (Lipinski definition) is 1. The zero-order valence-electron chi connectivity index (χ0n) is 10.3. The molecule has 1 aliphatic heterocycles. The van der Waals surface area contributed by atoms with E-state index in [2.05, 4.69) is 57.9 Å². The maximum atomic E-state index is 3.76. The number of rotatable bonds is 3. The highest BCUT2D eigenvalue weighted by molar-refractivity contribution is 9.10. The first-order valence-corrected chi connectivity index (χ1v) is 6.99. The van der Waals surface area contributed by atoms with Crippen LogP contribution in [0.15, 0.2) is 22.7 Å². The Hall–Kier alpha value is -0.800. The number of benzene rings is 1. The van der Waals surface area contributed by atoms with Gasteiger partial charge in [0.1, 0.15) is 0 Å². The van der Waals surface area contributed by atoms with Crippen molar-refractivity contribution in [3.8, 4) is 0 Å². The van der Waals surface area contributed by atoms with E-state index in [1.165, 1.54) is 33.1 Å². The number of aryl methyl sites for hydroxylation is 2. The van der Waals surface area contributed by atoms with Gasteiger partial charge in [-0.05, 0) is 27.9 Å². The van der Waals surface area contributed by atoms with Crippen molar-refractivity contribution in [2.45, 2.75) is 39.4 Å². The van der Waals surface area contributed by atoms with Gasteiger partial charge in [-0.15, -0.1) is 0 Å². The van der Waals surface area contributed by atoms with Crippen molar-refractivity contribution in [1.29, 1.82) is 0 Å². The Balaban J connectivity index is 2.12. The summed E-state index contributed by atoms with van der Waals surface area (Å²) in [5.41, 5.74) is 4.30. The first-order valence-electron chi connectivity index (χ1n) is 6.20. The lowest BCUT2D eigenvalue weighted by atomic mass is 10.1. The van der Waals surface area contributed by atoms with Gasteiger partial charge in [0.05, 0.1) is 5.52 Å². The molecule has 2 nitrogen and oxygen atoms in total. The van der Waals surface area contributed by atoms with Crippen LogP contribution in [0, 0.1) is 0 Å². The minimum absolute atomic E-state index is 0.522. The third kappa shape index (κ3) is 1.72. The maximum absolute atomic E-state index is 3.76. The van der Waals surface area contributed by atoms with E-state index in [4.69, 9.17) is 0 Å². The van der Waals surface area contributed by atoms with E-state index in [1.807, 2.05) is 0 Å². The fraction of sp³-hybridized carbons (Fsp3) is 0.429. The first-order chi connectivity index (χ1) is 8.18. The van der Waals surface area contributed by atoms with E-state index in [9.17, 15) is 0 Å². The third-order valence-electron chi connectivity index (χ3n) is 3.49. The quantitative estimate of drug-likeness (QED) is 0.917. The van der Waals surface area contributed by atoms with Crippen LogP contribution in [0.25, 0.3) is 10.9 Å². The lowest BCUT2D eigenvalue weighted by Gasteiger charge is -2.10. The van der Waals surface area contributed by atoms with E-state index in [1.54, 1.807) is 0 Å². The highest BCUT2D eigenvalue weighted by Gasteiger charge is 2.21. The average Bonchev–Trinajstić information content (AvgIpc) is 2.83. The number of para-hydroxylation sites is 1. The number of halogens is 1. The molecule has 0 radical (unpaired) electrons.